The number of benzene rings is 3. The highest BCUT2D eigenvalue weighted by molar-refractivity contribution is 5.55. The van der Waals surface area contributed by atoms with Gasteiger partial charge in [0.2, 0.25) is 0 Å². The van der Waals surface area contributed by atoms with E-state index in [0.717, 1.165) is 29.5 Å². The van der Waals surface area contributed by atoms with E-state index in [1.165, 1.54) is 11.1 Å². The summed E-state index contributed by atoms with van der Waals surface area (Å²) in [5, 5.41) is 21.9. The lowest BCUT2D eigenvalue weighted by Crippen LogP contribution is -2.17. The molecule has 0 aliphatic rings. The van der Waals surface area contributed by atoms with Crippen molar-refractivity contribution in [2.45, 2.75) is 71.1 Å². The quantitative estimate of drug-likeness (QED) is 0.388. The van der Waals surface area contributed by atoms with Gasteiger partial charge in [-0.15, -0.1) is 0 Å². The van der Waals surface area contributed by atoms with Gasteiger partial charge in [0.25, 0.3) is 0 Å². The molecule has 0 heterocycles. The highest BCUT2D eigenvalue weighted by Gasteiger charge is 2.28. The maximum absolute atomic E-state index is 11.0. The Morgan fingerprint density at radius 3 is 1.45 bits per heavy atom. The highest BCUT2D eigenvalue weighted by Crippen LogP contribution is 2.43. The van der Waals surface area contributed by atoms with Crippen molar-refractivity contribution in [3.05, 3.63) is 94.5 Å². The van der Waals surface area contributed by atoms with Gasteiger partial charge in [0.05, 0.1) is 0 Å². The van der Waals surface area contributed by atoms with Crippen molar-refractivity contribution in [3.63, 3.8) is 0 Å². The summed E-state index contributed by atoms with van der Waals surface area (Å²) in [5.74, 6) is 0.245. The van der Waals surface area contributed by atoms with Crippen LogP contribution in [-0.2, 0) is 10.8 Å². The Balaban J connectivity index is 2.29. The van der Waals surface area contributed by atoms with Crippen molar-refractivity contribution < 1.29 is 10.2 Å². The number of aromatic hydroxyl groups is 2. The predicted octanol–water partition coefficient (Wildman–Crippen LogP) is 7.65. The summed E-state index contributed by atoms with van der Waals surface area (Å²) in [6.45, 7) is 13.3. The van der Waals surface area contributed by atoms with E-state index < -0.39 is 0 Å². The molecule has 0 aliphatic heterocycles. The number of hydrogen-bond donors (Lipinski definition) is 2. The molecule has 31 heavy (non-hydrogen) atoms. The molecule has 3 aromatic carbocycles. The maximum atomic E-state index is 11.0. The van der Waals surface area contributed by atoms with E-state index in [-0.39, 0.29) is 28.2 Å². The molecule has 0 spiro atoms. The Kier molecular flexibility index (Phi) is 6.50. The van der Waals surface area contributed by atoms with Crippen LogP contribution in [0.5, 0.6) is 11.5 Å². The molecule has 0 saturated heterocycles. The minimum Gasteiger partial charge on any atom is -0.508 e. The van der Waals surface area contributed by atoms with Gasteiger partial charge in [-0.05, 0) is 52.5 Å². The Morgan fingerprint density at radius 2 is 1.06 bits per heavy atom. The van der Waals surface area contributed by atoms with Crippen LogP contribution in [0.3, 0.4) is 0 Å². The van der Waals surface area contributed by atoms with Crippen LogP contribution in [0, 0.1) is 0 Å². The van der Waals surface area contributed by atoms with Crippen LogP contribution < -0.4 is 0 Å². The normalized spacial score (nSPS) is 12.4. The molecule has 2 heteroatoms. The van der Waals surface area contributed by atoms with Crippen LogP contribution in [0.1, 0.15) is 88.1 Å². The van der Waals surface area contributed by atoms with Crippen molar-refractivity contribution >= 4 is 0 Å². The number of phenolic OH excluding ortho intramolecular Hbond substituents is 2. The second-order valence-corrected chi connectivity index (χ2v) is 9.87. The number of hydrogen-bond acceptors (Lipinski definition) is 2. The Bertz CT molecular complexity index is 966. The van der Waals surface area contributed by atoms with Gasteiger partial charge in [-0.3, -0.25) is 0 Å². The first-order valence-corrected chi connectivity index (χ1v) is 11.3. The van der Waals surface area contributed by atoms with Crippen LogP contribution >= 0.6 is 0 Å². The fourth-order valence-corrected chi connectivity index (χ4v) is 3.99. The minimum atomic E-state index is -0.263. The Morgan fingerprint density at radius 1 is 0.645 bits per heavy atom. The Hall–Kier alpha value is -2.74. The second-order valence-electron chi connectivity index (χ2n) is 9.87. The molecule has 164 valence electrons. The van der Waals surface area contributed by atoms with Gasteiger partial charge < -0.3 is 10.2 Å². The molecule has 0 bridgehead atoms. The predicted molar refractivity (Wildman–Crippen MR) is 130 cm³/mol. The van der Waals surface area contributed by atoms with Crippen molar-refractivity contribution in [2.24, 2.45) is 0 Å². The second kappa shape index (κ2) is 8.78. The van der Waals surface area contributed by atoms with Gasteiger partial charge in [-0.2, -0.15) is 0 Å². The lowest BCUT2D eigenvalue weighted by molar-refractivity contribution is 0.454. The van der Waals surface area contributed by atoms with E-state index in [1.807, 2.05) is 30.3 Å². The zero-order valence-electron chi connectivity index (χ0n) is 19.7. The molecule has 0 aliphatic carbocycles. The van der Waals surface area contributed by atoms with E-state index in [2.05, 4.69) is 65.8 Å². The van der Waals surface area contributed by atoms with Crippen molar-refractivity contribution in [1.29, 1.82) is 0 Å². The van der Waals surface area contributed by atoms with Gasteiger partial charge in [0, 0.05) is 17.0 Å². The Labute approximate surface area is 187 Å². The molecular weight excluding hydrogens is 380 g/mol. The monoisotopic (exact) mass is 416 g/mol. The van der Waals surface area contributed by atoms with Gasteiger partial charge in [0.1, 0.15) is 11.5 Å². The molecular formula is C29H36O2. The third kappa shape index (κ3) is 4.63. The summed E-state index contributed by atoms with van der Waals surface area (Å²) < 4.78 is 0. The first kappa shape index (κ1) is 22.9. The maximum Gasteiger partial charge on any atom is 0.119 e. The molecule has 0 fully saturated rings. The first-order valence-electron chi connectivity index (χ1n) is 11.3. The molecule has 3 aromatic rings. The molecule has 0 unspecified atom stereocenters. The summed E-state index contributed by atoms with van der Waals surface area (Å²) in [5.41, 5.74) is 5.07. The van der Waals surface area contributed by atoms with Gasteiger partial charge in [-0.25, -0.2) is 0 Å². The van der Waals surface area contributed by atoms with Crippen LogP contribution in [0.15, 0.2) is 66.7 Å². The topological polar surface area (TPSA) is 40.5 Å². The van der Waals surface area contributed by atoms with Crippen molar-refractivity contribution in [1.82, 2.24) is 0 Å². The summed E-state index contributed by atoms with van der Waals surface area (Å²) in [7, 11) is 0. The van der Waals surface area contributed by atoms with Gasteiger partial charge in [0.15, 0.2) is 0 Å². The van der Waals surface area contributed by atoms with Crippen LogP contribution in [0.2, 0.25) is 0 Å². The molecule has 2 N–H and O–H groups in total. The zero-order valence-corrected chi connectivity index (χ0v) is 19.7. The molecule has 0 saturated carbocycles. The average Bonchev–Trinajstić information content (AvgIpc) is 2.77. The zero-order chi connectivity index (χ0) is 22.8. The fraction of sp³-hybridized carbons (Fsp3) is 0.379. The smallest absolute Gasteiger partial charge is 0.119 e. The lowest BCUT2D eigenvalue weighted by Gasteiger charge is -2.29. The fourth-order valence-electron chi connectivity index (χ4n) is 3.99. The van der Waals surface area contributed by atoms with Gasteiger partial charge in [-0.1, -0.05) is 96.1 Å². The molecule has 3 rings (SSSR count). The summed E-state index contributed by atoms with van der Waals surface area (Å²) in [4.78, 5) is 0. The average molecular weight is 417 g/mol. The molecule has 0 radical (unpaired) electrons. The van der Waals surface area contributed by atoms with Crippen LogP contribution in [0.4, 0.5) is 0 Å². The largest absolute Gasteiger partial charge is 0.508 e. The lowest BCUT2D eigenvalue weighted by atomic mass is 9.76. The minimum absolute atomic E-state index is 0.00220. The third-order valence-electron chi connectivity index (χ3n) is 7.14. The van der Waals surface area contributed by atoms with Crippen LogP contribution in [0.25, 0.3) is 0 Å². The van der Waals surface area contributed by atoms with Crippen LogP contribution in [-0.4, -0.2) is 10.2 Å². The van der Waals surface area contributed by atoms with E-state index in [9.17, 15) is 10.2 Å². The molecule has 2 nitrogen and oxygen atoms in total. The number of rotatable bonds is 7. The van der Waals surface area contributed by atoms with E-state index in [4.69, 9.17) is 0 Å². The molecule has 0 aromatic heterocycles. The molecule has 0 amide bonds. The SMILES string of the molecule is CCC(C)(C)c1ccc(O)c(C(c2ccccc2)c2cc(C(C)(C)CC)ccc2O)c1. The standard InChI is InChI=1S/C29H36O2/c1-7-28(3,4)21-14-16-25(30)23(18-21)27(20-12-10-9-11-13-20)24-19-22(15-17-26(24)31)29(5,6)8-2/h9-19,27,30-31H,7-8H2,1-6H3. The highest BCUT2D eigenvalue weighted by atomic mass is 16.3. The van der Waals surface area contributed by atoms with E-state index in [1.54, 1.807) is 12.1 Å². The third-order valence-corrected chi connectivity index (χ3v) is 7.14. The molecule has 0 atom stereocenters. The van der Waals surface area contributed by atoms with E-state index in [0.29, 0.717) is 0 Å². The van der Waals surface area contributed by atoms with Gasteiger partial charge >= 0.3 is 0 Å². The number of phenols is 2. The first-order chi connectivity index (χ1) is 14.6. The summed E-state index contributed by atoms with van der Waals surface area (Å²) in [6.07, 6.45) is 2.00. The van der Waals surface area contributed by atoms with Crippen molar-refractivity contribution in [3.8, 4) is 11.5 Å². The van der Waals surface area contributed by atoms with Crippen molar-refractivity contribution in [2.75, 3.05) is 0 Å². The van der Waals surface area contributed by atoms with E-state index >= 15 is 0 Å². The summed E-state index contributed by atoms with van der Waals surface area (Å²) in [6, 6.07) is 22.0. The summed E-state index contributed by atoms with van der Waals surface area (Å²) >= 11 is 0.